The molecule has 5 nitrogen and oxygen atoms in total. The average Bonchev–Trinajstić information content (AvgIpc) is 3.13. The second-order valence-electron chi connectivity index (χ2n) is 7.63. The molecule has 1 aliphatic carbocycles. The number of likely N-dealkylation sites (tertiary alicyclic amines) is 1. The monoisotopic (exact) mass is 333 g/mol. The van der Waals surface area contributed by atoms with Gasteiger partial charge in [-0.25, -0.2) is 0 Å². The predicted octanol–water partition coefficient (Wildman–Crippen LogP) is 3.17. The van der Waals surface area contributed by atoms with Gasteiger partial charge in [-0.2, -0.15) is 0 Å². The first-order chi connectivity index (χ1) is 11.7. The molecule has 0 bridgehead atoms. The van der Waals surface area contributed by atoms with Crippen LogP contribution in [0.5, 0.6) is 0 Å². The fourth-order valence-corrected chi connectivity index (χ4v) is 4.08. The van der Waals surface area contributed by atoms with Gasteiger partial charge in [0.2, 0.25) is 0 Å². The predicted molar refractivity (Wildman–Crippen MR) is 89.0 cm³/mol. The third kappa shape index (κ3) is 3.11. The highest BCUT2D eigenvalue weighted by molar-refractivity contribution is 5.95. The van der Waals surface area contributed by atoms with Gasteiger partial charge in [-0.05, 0) is 44.6 Å². The second kappa shape index (κ2) is 6.52. The van der Waals surface area contributed by atoms with Crippen LogP contribution in [0.25, 0.3) is 0 Å². The first kappa shape index (κ1) is 16.2. The van der Waals surface area contributed by atoms with E-state index in [0.29, 0.717) is 17.9 Å². The van der Waals surface area contributed by atoms with Gasteiger partial charge < -0.3 is 18.8 Å². The highest BCUT2D eigenvalue weighted by Crippen LogP contribution is 2.38. The molecule has 132 valence electrons. The van der Waals surface area contributed by atoms with Crippen molar-refractivity contribution in [2.45, 2.75) is 57.2 Å². The number of carbonyl (C=O) groups is 1. The van der Waals surface area contributed by atoms with Crippen LogP contribution in [0.1, 0.15) is 54.6 Å². The van der Waals surface area contributed by atoms with E-state index >= 15 is 0 Å². The number of furan rings is 1. The minimum atomic E-state index is -0.0769. The van der Waals surface area contributed by atoms with Gasteiger partial charge in [0.05, 0.1) is 30.1 Å². The van der Waals surface area contributed by atoms with Crippen molar-refractivity contribution >= 4 is 5.91 Å². The molecular formula is C19H27NO4. The van der Waals surface area contributed by atoms with Crippen LogP contribution in [0.4, 0.5) is 0 Å². The Morgan fingerprint density at radius 1 is 1.38 bits per heavy atom. The quantitative estimate of drug-likeness (QED) is 0.849. The lowest BCUT2D eigenvalue weighted by Gasteiger charge is -2.38. The maximum Gasteiger partial charge on any atom is 0.257 e. The largest absolute Gasteiger partial charge is 0.469 e. The van der Waals surface area contributed by atoms with E-state index in [1.54, 1.807) is 12.3 Å². The number of rotatable bonds is 4. The number of carbonyl (C=O) groups excluding carboxylic acids is 1. The lowest BCUT2D eigenvalue weighted by Crippen LogP contribution is -2.46. The van der Waals surface area contributed by atoms with Crippen molar-refractivity contribution in [2.75, 3.05) is 26.3 Å². The summed E-state index contributed by atoms with van der Waals surface area (Å²) in [7, 11) is 0. The lowest BCUT2D eigenvalue weighted by atomic mass is 9.86. The minimum Gasteiger partial charge on any atom is -0.469 e. The fourth-order valence-electron chi connectivity index (χ4n) is 4.08. The zero-order valence-corrected chi connectivity index (χ0v) is 14.5. The number of aryl methyl sites for hydroxylation is 1. The molecule has 4 rings (SSSR count). The van der Waals surface area contributed by atoms with Crippen LogP contribution in [0.3, 0.4) is 0 Å². The molecule has 24 heavy (non-hydrogen) atoms. The summed E-state index contributed by atoms with van der Waals surface area (Å²) in [5.41, 5.74) is 0.604. The number of hydrogen-bond donors (Lipinski definition) is 0. The van der Waals surface area contributed by atoms with Crippen LogP contribution in [0.15, 0.2) is 16.7 Å². The minimum absolute atomic E-state index is 0.0758. The third-order valence-corrected chi connectivity index (χ3v) is 6.02. The Morgan fingerprint density at radius 2 is 2.17 bits per heavy atom. The molecule has 3 aliphatic rings. The van der Waals surface area contributed by atoms with Gasteiger partial charge in [0.15, 0.2) is 0 Å². The normalized spacial score (nSPS) is 26.7. The lowest BCUT2D eigenvalue weighted by molar-refractivity contribution is -0.0420. The maximum atomic E-state index is 12.6. The van der Waals surface area contributed by atoms with E-state index in [9.17, 15) is 4.79 Å². The summed E-state index contributed by atoms with van der Waals surface area (Å²) in [6, 6.07) is 1.76. The van der Waals surface area contributed by atoms with Crippen LogP contribution >= 0.6 is 0 Å². The first-order valence-corrected chi connectivity index (χ1v) is 9.24. The standard InChI is InChI=1S/C19H27NO4/c1-14-17(5-10-22-14)18(21)20-8-6-19(7-9-20)11-16(13-24-19)23-12-15-3-2-4-15/h5,10,15-16H,2-4,6-9,11-13H2,1H3. The molecule has 1 aromatic rings. The van der Waals surface area contributed by atoms with Crippen molar-refractivity contribution in [1.29, 1.82) is 0 Å². The van der Waals surface area contributed by atoms with E-state index in [2.05, 4.69) is 0 Å². The van der Waals surface area contributed by atoms with Crippen LogP contribution in [0, 0.1) is 12.8 Å². The average molecular weight is 333 g/mol. The van der Waals surface area contributed by atoms with Gasteiger partial charge in [0, 0.05) is 26.1 Å². The Morgan fingerprint density at radius 3 is 2.79 bits per heavy atom. The number of piperidine rings is 1. The Labute approximate surface area is 143 Å². The smallest absolute Gasteiger partial charge is 0.257 e. The van der Waals surface area contributed by atoms with Crippen molar-refractivity contribution in [3.05, 3.63) is 23.7 Å². The summed E-state index contributed by atoms with van der Waals surface area (Å²) in [5, 5.41) is 0. The maximum absolute atomic E-state index is 12.6. The molecule has 0 N–H and O–H groups in total. The Kier molecular flexibility index (Phi) is 4.39. The van der Waals surface area contributed by atoms with E-state index in [4.69, 9.17) is 13.9 Å². The summed E-state index contributed by atoms with van der Waals surface area (Å²) >= 11 is 0. The molecule has 3 heterocycles. The van der Waals surface area contributed by atoms with Gasteiger partial charge in [-0.15, -0.1) is 0 Å². The molecular weight excluding hydrogens is 306 g/mol. The second-order valence-corrected chi connectivity index (χ2v) is 7.63. The number of amides is 1. The van der Waals surface area contributed by atoms with Gasteiger partial charge in [-0.1, -0.05) is 6.42 Å². The molecule has 3 fully saturated rings. The van der Waals surface area contributed by atoms with Gasteiger partial charge in [-0.3, -0.25) is 4.79 Å². The van der Waals surface area contributed by atoms with Gasteiger partial charge >= 0.3 is 0 Å². The van der Waals surface area contributed by atoms with E-state index in [-0.39, 0.29) is 17.6 Å². The van der Waals surface area contributed by atoms with Gasteiger partial charge in [0.1, 0.15) is 5.76 Å². The summed E-state index contributed by atoms with van der Waals surface area (Å²) in [4.78, 5) is 14.5. The summed E-state index contributed by atoms with van der Waals surface area (Å²) < 4.78 is 17.5. The van der Waals surface area contributed by atoms with E-state index in [0.717, 1.165) is 44.9 Å². The summed E-state index contributed by atoms with van der Waals surface area (Å²) in [6.45, 7) is 4.94. The first-order valence-electron chi connectivity index (χ1n) is 9.24. The highest BCUT2D eigenvalue weighted by Gasteiger charge is 2.44. The Bertz CT molecular complexity index is 584. The molecule has 1 unspecified atom stereocenters. The van der Waals surface area contributed by atoms with E-state index < -0.39 is 0 Å². The molecule has 1 amide bonds. The number of ether oxygens (including phenoxy) is 2. The highest BCUT2D eigenvalue weighted by atomic mass is 16.6. The molecule has 0 radical (unpaired) electrons. The van der Waals surface area contributed by atoms with Crippen molar-refractivity contribution in [1.82, 2.24) is 4.90 Å². The van der Waals surface area contributed by atoms with E-state index in [1.165, 1.54) is 19.3 Å². The van der Waals surface area contributed by atoms with Crippen molar-refractivity contribution < 1.29 is 18.7 Å². The molecule has 5 heteroatoms. The van der Waals surface area contributed by atoms with Crippen molar-refractivity contribution in [3.8, 4) is 0 Å². The molecule has 2 saturated heterocycles. The number of nitrogens with zero attached hydrogens (tertiary/aromatic N) is 1. The van der Waals surface area contributed by atoms with Crippen LogP contribution < -0.4 is 0 Å². The molecule has 0 aromatic carbocycles. The van der Waals surface area contributed by atoms with Crippen LogP contribution in [-0.4, -0.2) is 48.8 Å². The fraction of sp³-hybridized carbons (Fsp3) is 0.737. The topological polar surface area (TPSA) is 51.9 Å². The molecule has 2 aliphatic heterocycles. The third-order valence-electron chi connectivity index (χ3n) is 6.02. The van der Waals surface area contributed by atoms with Crippen molar-refractivity contribution in [2.24, 2.45) is 5.92 Å². The molecule has 1 aromatic heterocycles. The molecule has 1 atom stereocenters. The van der Waals surface area contributed by atoms with Crippen LogP contribution in [-0.2, 0) is 9.47 Å². The Hall–Kier alpha value is -1.33. The zero-order valence-electron chi connectivity index (χ0n) is 14.5. The number of hydrogen-bond acceptors (Lipinski definition) is 4. The zero-order chi connectivity index (χ0) is 16.6. The van der Waals surface area contributed by atoms with E-state index in [1.807, 2.05) is 11.8 Å². The summed E-state index contributed by atoms with van der Waals surface area (Å²) in [5.74, 6) is 1.55. The van der Waals surface area contributed by atoms with Crippen molar-refractivity contribution in [3.63, 3.8) is 0 Å². The molecule has 1 saturated carbocycles. The van der Waals surface area contributed by atoms with Crippen LogP contribution in [0.2, 0.25) is 0 Å². The Balaban J connectivity index is 1.28. The molecule has 1 spiro atoms. The van der Waals surface area contributed by atoms with Gasteiger partial charge in [0.25, 0.3) is 5.91 Å². The SMILES string of the molecule is Cc1occc1C(=O)N1CCC2(CC1)CC(OCC1CCC1)CO2. The summed E-state index contributed by atoms with van der Waals surface area (Å²) in [6.07, 6.45) is 8.61.